The summed E-state index contributed by atoms with van der Waals surface area (Å²) >= 11 is 0. The van der Waals surface area contributed by atoms with E-state index >= 15 is 0 Å². The normalized spacial score (nSPS) is 16.4. The average Bonchev–Trinajstić information content (AvgIpc) is 3.39. The Bertz CT molecular complexity index is 688. The van der Waals surface area contributed by atoms with Crippen molar-refractivity contribution in [2.24, 2.45) is 5.92 Å². The van der Waals surface area contributed by atoms with Crippen LogP contribution in [0.4, 0.5) is 4.79 Å². The minimum absolute atomic E-state index is 0.159. The third kappa shape index (κ3) is 7.74. The van der Waals surface area contributed by atoms with Crippen molar-refractivity contribution in [2.75, 3.05) is 0 Å². The molecule has 1 aromatic rings. The fourth-order valence-electron chi connectivity index (χ4n) is 3.00. The molecule has 2 rings (SSSR count). The van der Waals surface area contributed by atoms with Gasteiger partial charge in [-0.25, -0.2) is 4.79 Å². The second kappa shape index (κ2) is 9.17. The lowest BCUT2D eigenvalue weighted by molar-refractivity contribution is 0.0495. The molecule has 1 heterocycles. The molecule has 29 heavy (non-hydrogen) atoms. The molecule has 1 unspecified atom stereocenters. The van der Waals surface area contributed by atoms with Gasteiger partial charge in [0.25, 0.3) is 0 Å². The standard InChI is InChI=1S/C23H40N2O3Si/c1-22(2,3)28-21(26)25-20(18-9-10-18)12-11-17-13-14-24-15-19(17)16-27-29(7,8)23(4,5)6/h13-15,18,20H,9-12,16H2,1-8H3,(H,25,26). The third-order valence-electron chi connectivity index (χ3n) is 6.02. The number of hydrogen-bond donors (Lipinski definition) is 1. The van der Waals surface area contributed by atoms with Gasteiger partial charge in [-0.1, -0.05) is 20.8 Å². The first kappa shape index (κ1) is 23.9. The van der Waals surface area contributed by atoms with Crippen LogP contribution in [-0.2, 0) is 22.2 Å². The van der Waals surface area contributed by atoms with E-state index in [0.717, 1.165) is 18.4 Å². The number of carbonyl (C=O) groups is 1. The SMILES string of the molecule is CC(C)(C)OC(=O)NC(CCc1ccncc1CO[Si](C)(C)C(C)(C)C)C1CC1. The predicted molar refractivity (Wildman–Crippen MR) is 120 cm³/mol. The zero-order valence-corrected chi connectivity index (χ0v) is 20.6. The van der Waals surface area contributed by atoms with Crippen LogP contribution in [0.15, 0.2) is 18.5 Å². The molecule has 1 fully saturated rings. The molecule has 1 amide bonds. The molecule has 0 saturated heterocycles. The van der Waals surface area contributed by atoms with Crippen LogP contribution in [0, 0.1) is 5.92 Å². The van der Waals surface area contributed by atoms with Crippen LogP contribution in [0.1, 0.15) is 71.9 Å². The summed E-state index contributed by atoms with van der Waals surface area (Å²) < 4.78 is 11.9. The van der Waals surface area contributed by atoms with Crippen molar-refractivity contribution < 1.29 is 14.0 Å². The number of rotatable bonds is 8. The highest BCUT2D eigenvalue weighted by Gasteiger charge is 2.37. The number of ether oxygens (including phenoxy) is 1. The lowest BCUT2D eigenvalue weighted by Gasteiger charge is -2.36. The van der Waals surface area contributed by atoms with E-state index in [4.69, 9.17) is 9.16 Å². The van der Waals surface area contributed by atoms with Crippen LogP contribution < -0.4 is 5.32 Å². The van der Waals surface area contributed by atoms with Gasteiger partial charge in [0.2, 0.25) is 0 Å². The number of nitrogens with zero attached hydrogens (tertiary/aromatic N) is 1. The van der Waals surface area contributed by atoms with Gasteiger partial charge in [-0.15, -0.1) is 0 Å². The summed E-state index contributed by atoms with van der Waals surface area (Å²) in [5.41, 5.74) is 1.94. The van der Waals surface area contributed by atoms with E-state index in [1.807, 2.05) is 33.2 Å². The number of amides is 1. The summed E-state index contributed by atoms with van der Waals surface area (Å²) in [4.78, 5) is 16.5. The largest absolute Gasteiger partial charge is 0.444 e. The number of pyridine rings is 1. The minimum atomic E-state index is -1.81. The van der Waals surface area contributed by atoms with Crippen molar-refractivity contribution in [3.05, 3.63) is 29.6 Å². The molecule has 164 valence electrons. The van der Waals surface area contributed by atoms with E-state index in [1.165, 1.54) is 18.4 Å². The van der Waals surface area contributed by atoms with Crippen molar-refractivity contribution in [1.82, 2.24) is 10.3 Å². The van der Waals surface area contributed by atoms with Gasteiger partial charge in [0.1, 0.15) is 5.60 Å². The number of nitrogens with one attached hydrogen (secondary N) is 1. The molecule has 1 atom stereocenters. The molecule has 0 spiro atoms. The van der Waals surface area contributed by atoms with Crippen LogP contribution in [0.3, 0.4) is 0 Å². The van der Waals surface area contributed by atoms with Crippen LogP contribution >= 0.6 is 0 Å². The maximum atomic E-state index is 12.2. The Labute approximate surface area is 178 Å². The molecule has 5 nitrogen and oxygen atoms in total. The van der Waals surface area contributed by atoms with Gasteiger partial charge >= 0.3 is 6.09 Å². The average molecular weight is 421 g/mol. The third-order valence-corrected chi connectivity index (χ3v) is 10.5. The topological polar surface area (TPSA) is 60.5 Å². The van der Waals surface area contributed by atoms with Gasteiger partial charge in [-0.05, 0) is 87.7 Å². The van der Waals surface area contributed by atoms with Gasteiger partial charge in [0.15, 0.2) is 8.32 Å². The number of alkyl carbamates (subject to hydrolysis) is 1. The van der Waals surface area contributed by atoms with Crippen LogP contribution in [0.2, 0.25) is 18.1 Å². The Morgan fingerprint density at radius 1 is 1.21 bits per heavy atom. The monoisotopic (exact) mass is 420 g/mol. The Hall–Kier alpha value is -1.40. The molecule has 0 aromatic carbocycles. The lowest BCUT2D eigenvalue weighted by Crippen LogP contribution is -2.41. The van der Waals surface area contributed by atoms with Gasteiger partial charge in [-0.3, -0.25) is 4.98 Å². The molecule has 1 N–H and O–H groups in total. The molecule has 0 aliphatic heterocycles. The van der Waals surface area contributed by atoms with Crippen LogP contribution in [-0.4, -0.2) is 31.0 Å². The zero-order chi connectivity index (χ0) is 21.9. The molecule has 0 bridgehead atoms. The van der Waals surface area contributed by atoms with E-state index in [2.05, 4.69) is 50.2 Å². The Morgan fingerprint density at radius 2 is 1.86 bits per heavy atom. The van der Waals surface area contributed by atoms with Gasteiger partial charge in [-0.2, -0.15) is 0 Å². The summed E-state index contributed by atoms with van der Waals surface area (Å²) in [5.74, 6) is 0.566. The maximum absolute atomic E-state index is 12.2. The fourth-order valence-corrected chi connectivity index (χ4v) is 3.95. The highest BCUT2D eigenvalue weighted by atomic mass is 28.4. The molecule has 1 saturated carbocycles. The lowest BCUT2D eigenvalue weighted by atomic mass is 10.00. The highest BCUT2D eigenvalue weighted by Crippen LogP contribution is 2.37. The molecule has 1 aliphatic carbocycles. The summed E-state index contributed by atoms with van der Waals surface area (Å²) in [6.45, 7) is 17.6. The molecular formula is C23H40N2O3Si. The number of hydrogen-bond acceptors (Lipinski definition) is 4. The van der Waals surface area contributed by atoms with Crippen LogP contribution in [0.5, 0.6) is 0 Å². The molecular weight excluding hydrogens is 380 g/mol. The zero-order valence-electron chi connectivity index (χ0n) is 19.6. The summed E-state index contributed by atoms with van der Waals surface area (Å²) in [7, 11) is -1.81. The van der Waals surface area contributed by atoms with Crippen molar-refractivity contribution in [3.8, 4) is 0 Å². The first-order valence-corrected chi connectivity index (χ1v) is 13.7. The summed E-state index contributed by atoms with van der Waals surface area (Å²) in [6, 6.07) is 2.24. The van der Waals surface area contributed by atoms with Crippen LogP contribution in [0.25, 0.3) is 0 Å². The second-order valence-corrected chi connectivity index (χ2v) is 15.6. The van der Waals surface area contributed by atoms with E-state index in [-0.39, 0.29) is 17.2 Å². The fraction of sp³-hybridized carbons (Fsp3) is 0.739. The van der Waals surface area contributed by atoms with Gasteiger partial charge in [0, 0.05) is 18.4 Å². The Morgan fingerprint density at radius 3 is 2.41 bits per heavy atom. The first-order chi connectivity index (χ1) is 13.3. The highest BCUT2D eigenvalue weighted by molar-refractivity contribution is 6.74. The van der Waals surface area contributed by atoms with Gasteiger partial charge in [0.05, 0.1) is 6.61 Å². The van der Waals surface area contributed by atoms with Gasteiger partial charge < -0.3 is 14.5 Å². The Balaban J connectivity index is 1.98. The second-order valence-electron chi connectivity index (χ2n) is 10.8. The Kier molecular flexibility index (Phi) is 7.55. The molecule has 0 radical (unpaired) electrons. The van der Waals surface area contributed by atoms with E-state index < -0.39 is 13.9 Å². The molecule has 1 aliphatic rings. The number of carbonyl (C=O) groups excluding carboxylic acids is 1. The first-order valence-electron chi connectivity index (χ1n) is 10.8. The molecule has 1 aromatic heterocycles. The maximum Gasteiger partial charge on any atom is 0.407 e. The minimum Gasteiger partial charge on any atom is -0.444 e. The number of aromatic nitrogens is 1. The van der Waals surface area contributed by atoms with E-state index in [9.17, 15) is 4.79 Å². The smallest absolute Gasteiger partial charge is 0.407 e. The number of aryl methyl sites for hydroxylation is 1. The predicted octanol–water partition coefficient (Wildman–Crippen LogP) is 5.84. The molecule has 6 heteroatoms. The quantitative estimate of drug-likeness (QED) is 0.537. The van der Waals surface area contributed by atoms with E-state index in [1.54, 1.807) is 0 Å². The van der Waals surface area contributed by atoms with Crippen molar-refractivity contribution in [2.45, 2.75) is 104 Å². The van der Waals surface area contributed by atoms with Crippen molar-refractivity contribution >= 4 is 14.4 Å². The summed E-state index contributed by atoms with van der Waals surface area (Å²) in [5, 5.41) is 3.28. The van der Waals surface area contributed by atoms with E-state index in [0.29, 0.717) is 12.5 Å². The summed E-state index contributed by atoms with van der Waals surface area (Å²) in [6.07, 6.45) is 7.62. The van der Waals surface area contributed by atoms with Crippen molar-refractivity contribution in [3.63, 3.8) is 0 Å². The van der Waals surface area contributed by atoms with Crippen molar-refractivity contribution in [1.29, 1.82) is 0 Å².